The molecule has 0 unspecified atom stereocenters. The van der Waals surface area contributed by atoms with Crippen LogP contribution in [0.4, 0.5) is 0 Å². The fourth-order valence-electron chi connectivity index (χ4n) is 3.05. The predicted octanol–water partition coefficient (Wildman–Crippen LogP) is 2.84. The van der Waals surface area contributed by atoms with Crippen molar-refractivity contribution in [3.63, 3.8) is 0 Å². The van der Waals surface area contributed by atoms with Crippen molar-refractivity contribution >= 4 is 29.5 Å². The van der Waals surface area contributed by atoms with Gasteiger partial charge in [-0.1, -0.05) is 48.2 Å². The number of carbonyl (C=O) groups is 3. The van der Waals surface area contributed by atoms with E-state index in [1.54, 1.807) is 11.5 Å². The summed E-state index contributed by atoms with van der Waals surface area (Å²) in [6.07, 6.45) is 3.87. The minimum Gasteiger partial charge on any atom is -0.456 e. The molecule has 6 nitrogen and oxygen atoms in total. The number of esters is 1. The Hall–Kier alpha value is -2.80. The smallest absolute Gasteiger partial charge is 0.356 e. The van der Waals surface area contributed by atoms with Crippen molar-refractivity contribution in [2.24, 2.45) is 0 Å². The van der Waals surface area contributed by atoms with Crippen LogP contribution in [0.5, 0.6) is 0 Å². The Bertz CT molecular complexity index is 858. The van der Waals surface area contributed by atoms with Crippen LogP contribution in [0.1, 0.15) is 25.8 Å². The highest BCUT2D eigenvalue weighted by molar-refractivity contribution is 8.05. The molecule has 1 aromatic carbocycles. The number of nitrogens with zero attached hydrogens (tertiary/aromatic N) is 1. The quantitative estimate of drug-likeness (QED) is 0.464. The number of benzene rings is 1. The van der Waals surface area contributed by atoms with Crippen LogP contribution in [-0.2, 0) is 25.7 Å². The Morgan fingerprint density at radius 2 is 2.07 bits per heavy atom. The first-order valence-corrected chi connectivity index (χ1v) is 9.43. The molecule has 0 radical (unpaired) electrons. The standard InChI is InChI=1S/C20H20N2O4S/c1-3-15-16-11-17(27-10-9-21-13(2)23)18(22(16)19(15)24)20(25)26-12-14-7-5-4-6-8-14/h3-10,16H,11-12H2,1-2H3,(H,21,23)/b10-9+,15-3+/t16-/m1/s1. The molecule has 1 saturated heterocycles. The van der Waals surface area contributed by atoms with E-state index in [-0.39, 0.29) is 24.5 Å². The Morgan fingerprint density at radius 3 is 2.74 bits per heavy atom. The van der Waals surface area contributed by atoms with Crippen molar-refractivity contribution in [1.29, 1.82) is 0 Å². The van der Waals surface area contributed by atoms with Gasteiger partial charge in [0.1, 0.15) is 12.3 Å². The van der Waals surface area contributed by atoms with Crippen LogP contribution in [-0.4, -0.2) is 28.7 Å². The third-order valence-electron chi connectivity index (χ3n) is 4.30. The van der Waals surface area contributed by atoms with Gasteiger partial charge < -0.3 is 10.1 Å². The number of hydrogen-bond acceptors (Lipinski definition) is 5. The third kappa shape index (κ3) is 3.98. The summed E-state index contributed by atoms with van der Waals surface area (Å²) in [5.74, 6) is -0.846. The lowest BCUT2D eigenvalue weighted by Gasteiger charge is -2.38. The van der Waals surface area contributed by atoms with Crippen LogP contribution in [0, 0.1) is 0 Å². The molecule has 1 fully saturated rings. The van der Waals surface area contributed by atoms with E-state index >= 15 is 0 Å². The van der Waals surface area contributed by atoms with Gasteiger partial charge >= 0.3 is 5.97 Å². The molecule has 2 heterocycles. The third-order valence-corrected chi connectivity index (χ3v) is 5.22. The van der Waals surface area contributed by atoms with Crippen LogP contribution >= 0.6 is 11.8 Å². The summed E-state index contributed by atoms with van der Waals surface area (Å²) in [6, 6.07) is 9.27. The Labute approximate surface area is 161 Å². The molecule has 0 spiro atoms. The highest BCUT2D eigenvalue weighted by Crippen LogP contribution is 2.46. The summed E-state index contributed by atoms with van der Waals surface area (Å²) in [5, 5.41) is 4.24. The number of fused-ring (bicyclic) bond motifs is 1. The maximum atomic E-state index is 12.7. The van der Waals surface area contributed by atoms with E-state index in [9.17, 15) is 14.4 Å². The van der Waals surface area contributed by atoms with E-state index in [0.717, 1.165) is 10.5 Å². The minimum absolute atomic E-state index is 0.113. The number of carbonyl (C=O) groups excluding carboxylic acids is 3. The Kier molecular flexibility index (Phi) is 5.81. The van der Waals surface area contributed by atoms with Gasteiger partial charge in [-0.15, -0.1) is 0 Å². The molecule has 3 rings (SSSR count). The molecular formula is C20H20N2O4S. The minimum atomic E-state index is -0.514. The zero-order valence-electron chi connectivity index (χ0n) is 15.1. The molecule has 2 aliphatic rings. The first-order valence-electron chi connectivity index (χ1n) is 8.55. The Morgan fingerprint density at radius 1 is 1.33 bits per heavy atom. The van der Waals surface area contributed by atoms with Crippen molar-refractivity contribution in [2.45, 2.75) is 32.9 Å². The second-order valence-electron chi connectivity index (χ2n) is 6.09. The number of thioether (sulfide) groups is 1. The molecule has 140 valence electrons. The average molecular weight is 384 g/mol. The number of hydrogen-bond donors (Lipinski definition) is 1. The fourth-order valence-corrected chi connectivity index (χ4v) is 3.90. The molecule has 0 aliphatic carbocycles. The van der Waals surface area contributed by atoms with Crippen LogP contribution in [0.25, 0.3) is 0 Å². The molecule has 1 aromatic rings. The van der Waals surface area contributed by atoms with Crippen LogP contribution < -0.4 is 5.32 Å². The fraction of sp³-hybridized carbons (Fsp3) is 0.250. The number of β-lactam (4-membered cyclic amide) rings is 1. The number of amides is 2. The first-order chi connectivity index (χ1) is 13.0. The van der Waals surface area contributed by atoms with E-state index in [1.165, 1.54) is 29.8 Å². The van der Waals surface area contributed by atoms with Gasteiger partial charge in [0.2, 0.25) is 5.91 Å². The summed E-state index contributed by atoms with van der Waals surface area (Å²) in [5.41, 5.74) is 1.89. The number of rotatable bonds is 6. The normalized spacial score (nSPS) is 20.1. The summed E-state index contributed by atoms with van der Waals surface area (Å²) in [6.45, 7) is 3.38. The maximum Gasteiger partial charge on any atom is 0.356 e. The zero-order valence-corrected chi connectivity index (χ0v) is 15.9. The van der Waals surface area contributed by atoms with Crippen molar-refractivity contribution in [3.05, 3.63) is 69.8 Å². The molecule has 2 aliphatic heterocycles. The molecule has 7 heteroatoms. The van der Waals surface area contributed by atoms with Crippen molar-refractivity contribution in [1.82, 2.24) is 10.2 Å². The summed E-state index contributed by atoms with van der Waals surface area (Å²) >= 11 is 1.31. The van der Waals surface area contributed by atoms with Crippen molar-refractivity contribution < 1.29 is 19.1 Å². The predicted molar refractivity (Wildman–Crippen MR) is 103 cm³/mol. The maximum absolute atomic E-state index is 12.7. The summed E-state index contributed by atoms with van der Waals surface area (Å²) < 4.78 is 5.44. The van der Waals surface area contributed by atoms with Crippen LogP contribution in [0.15, 0.2) is 64.2 Å². The highest BCUT2D eigenvalue weighted by atomic mass is 32.2. The molecule has 0 saturated carbocycles. The second kappa shape index (κ2) is 8.26. The van der Waals surface area contributed by atoms with E-state index in [0.29, 0.717) is 17.7 Å². The zero-order chi connectivity index (χ0) is 19.4. The number of allylic oxidation sites excluding steroid dienone is 1. The van der Waals surface area contributed by atoms with Gasteiger partial charge in [-0.25, -0.2) is 4.79 Å². The van der Waals surface area contributed by atoms with E-state index in [1.807, 2.05) is 37.3 Å². The van der Waals surface area contributed by atoms with E-state index in [2.05, 4.69) is 5.32 Å². The molecule has 0 bridgehead atoms. The van der Waals surface area contributed by atoms with E-state index < -0.39 is 5.97 Å². The summed E-state index contributed by atoms with van der Waals surface area (Å²) in [7, 11) is 0. The number of ether oxygens (including phenoxy) is 1. The number of nitrogens with one attached hydrogen (secondary N) is 1. The van der Waals surface area contributed by atoms with Gasteiger partial charge in [-0.05, 0) is 17.9 Å². The SMILES string of the molecule is C/C=C1/C(=O)N2C(C(=O)OCc3ccccc3)=C(S/C=C/NC(C)=O)C[C@H]12. The molecule has 2 amide bonds. The second-order valence-corrected chi connectivity index (χ2v) is 7.09. The van der Waals surface area contributed by atoms with Crippen molar-refractivity contribution in [3.8, 4) is 0 Å². The lowest BCUT2D eigenvalue weighted by molar-refractivity contribution is -0.147. The Balaban J connectivity index is 1.76. The highest BCUT2D eigenvalue weighted by Gasteiger charge is 2.51. The van der Waals surface area contributed by atoms with Gasteiger partial charge in [0.15, 0.2) is 0 Å². The van der Waals surface area contributed by atoms with Gasteiger partial charge in [0.25, 0.3) is 5.91 Å². The van der Waals surface area contributed by atoms with Gasteiger partial charge in [0, 0.05) is 30.0 Å². The molecule has 27 heavy (non-hydrogen) atoms. The first kappa shape index (κ1) is 19.0. The van der Waals surface area contributed by atoms with Gasteiger partial charge in [-0.2, -0.15) is 0 Å². The van der Waals surface area contributed by atoms with Gasteiger partial charge in [0.05, 0.1) is 6.04 Å². The average Bonchev–Trinajstić information content (AvgIpc) is 2.99. The summed E-state index contributed by atoms with van der Waals surface area (Å²) in [4.78, 5) is 38.3. The van der Waals surface area contributed by atoms with Crippen molar-refractivity contribution in [2.75, 3.05) is 0 Å². The monoisotopic (exact) mass is 384 g/mol. The molecular weight excluding hydrogens is 364 g/mol. The van der Waals surface area contributed by atoms with Crippen LogP contribution in [0.2, 0.25) is 0 Å². The molecule has 0 aromatic heterocycles. The largest absolute Gasteiger partial charge is 0.456 e. The molecule has 1 N–H and O–H groups in total. The van der Waals surface area contributed by atoms with Gasteiger partial charge in [-0.3, -0.25) is 14.5 Å². The van der Waals surface area contributed by atoms with E-state index in [4.69, 9.17) is 4.74 Å². The van der Waals surface area contributed by atoms with Crippen LogP contribution in [0.3, 0.4) is 0 Å². The molecule has 1 atom stereocenters. The topological polar surface area (TPSA) is 75.7 Å². The lowest BCUT2D eigenvalue weighted by Crippen LogP contribution is -2.52. The lowest BCUT2D eigenvalue weighted by atomic mass is 9.94.